The first-order chi connectivity index (χ1) is 12.6. The Bertz CT molecular complexity index is 874. The van der Waals surface area contributed by atoms with Crippen molar-refractivity contribution in [2.75, 3.05) is 5.32 Å². The predicted molar refractivity (Wildman–Crippen MR) is 99.1 cm³/mol. The lowest BCUT2D eigenvalue weighted by Gasteiger charge is -2.07. The van der Waals surface area contributed by atoms with Crippen LogP contribution in [0.25, 0.3) is 0 Å². The van der Waals surface area contributed by atoms with Gasteiger partial charge in [-0.05, 0) is 59.8 Å². The van der Waals surface area contributed by atoms with Crippen LogP contribution in [0, 0.1) is 5.82 Å². The van der Waals surface area contributed by atoms with E-state index in [-0.39, 0.29) is 24.1 Å². The molecular formula is C20H16FNO3S. The maximum atomic E-state index is 12.8. The SMILES string of the molecule is O=C(CCc1ccc(F)cc1)Oc1ccc(NC(=O)c2cccs2)cc1. The van der Waals surface area contributed by atoms with Crippen molar-refractivity contribution < 1.29 is 18.7 Å². The van der Waals surface area contributed by atoms with Crippen LogP contribution in [-0.2, 0) is 11.2 Å². The summed E-state index contributed by atoms with van der Waals surface area (Å²) >= 11 is 1.36. The quantitative estimate of drug-likeness (QED) is 0.507. The molecule has 1 N–H and O–H groups in total. The third-order valence-corrected chi connectivity index (χ3v) is 4.49. The number of anilines is 1. The zero-order valence-corrected chi connectivity index (χ0v) is 14.6. The number of aryl methyl sites for hydroxylation is 1. The van der Waals surface area contributed by atoms with Gasteiger partial charge >= 0.3 is 5.97 Å². The molecule has 0 bridgehead atoms. The second-order valence-corrected chi connectivity index (χ2v) is 6.50. The summed E-state index contributed by atoms with van der Waals surface area (Å²) in [6.45, 7) is 0. The summed E-state index contributed by atoms with van der Waals surface area (Å²) in [7, 11) is 0. The number of ether oxygens (including phenoxy) is 1. The van der Waals surface area contributed by atoms with Gasteiger partial charge in [-0.25, -0.2) is 4.39 Å². The molecule has 6 heteroatoms. The van der Waals surface area contributed by atoms with E-state index in [0.717, 1.165) is 5.56 Å². The molecule has 0 fully saturated rings. The number of esters is 1. The van der Waals surface area contributed by atoms with Crippen molar-refractivity contribution in [1.29, 1.82) is 0 Å². The topological polar surface area (TPSA) is 55.4 Å². The Morgan fingerprint density at radius 2 is 1.73 bits per heavy atom. The minimum atomic E-state index is -0.371. The zero-order valence-electron chi connectivity index (χ0n) is 13.8. The Labute approximate surface area is 154 Å². The fraction of sp³-hybridized carbons (Fsp3) is 0.100. The average molecular weight is 369 g/mol. The number of carbonyl (C=O) groups excluding carboxylic acids is 2. The Balaban J connectivity index is 1.49. The van der Waals surface area contributed by atoms with Crippen molar-refractivity contribution in [1.82, 2.24) is 0 Å². The van der Waals surface area contributed by atoms with Gasteiger partial charge in [0.15, 0.2) is 0 Å². The monoisotopic (exact) mass is 369 g/mol. The lowest BCUT2D eigenvalue weighted by molar-refractivity contribution is -0.134. The minimum Gasteiger partial charge on any atom is -0.427 e. The highest BCUT2D eigenvalue weighted by atomic mass is 32.1. The third-order valence-electron chi connectivity index (χ3n) is 3.62. The van der Waals surface area contributed by atoms with Crippen molar-refractivity contribution in [3.8, 4) is 5.75 Å². The van der Waals surface area contributed by atoms with E-state index in [4.69, 9.17) is 4.74 Å². The Morgan fingerprint density at radius 3 is 2.38 bits per heavy atom. The van der Waals surface area contributed by atoms with E-state index in [1.54, 1.807) is 42.5 Å². The van der Waals surface area contributed by atoms with Gasteiger partial charge in [0.2, 0.25) is 0 Å². The molecule has 26 heavy (non-hydrogen) atoms. The normalized spacial score (nSPS) is 10.3. The smallest absolute Gasteiger partial charge is 0.311 e. The van der Waals surface area contributed by atoms with Crippen LogP contribution in [0.3, 0.4) is 0 Å². The maximum absolute atomic E-state index is 12.8. The van der Waals surface area contributed by atoms with Crippen molar-refractivity contribution in [2.45, 2.75) is 12.8 Å². The number of hydrogen-bond acceptors (Lipinski definition) is 4. The first-order valence-corrected chi connectivity index (χ1v) is 8.88. The van der Waals surface area contributed by atoms with Gasteiger partial charge in [0.25, 0.3) is 5.91 Å². The zero-order chi connectivity index (χ0) is 18.4. The Morgan fingerprint density at radius 1 is 1.00 bits per heavy atom. The molecule has 0 radical (unpaired) electrons. The van der Waals surface area contributed by atoms with Gasteiger partial charge in [0, 0.05) is 12.1 Å². The van der Waals surface area contributed by atoms with E-state index in [0.29, 0.717) is 22.7 Å². The van der Waals surface area contributed by atoms with Crippen molar-refractivity contribution in [2.24, 2.45) is 0 Å². The molecule has 0 aliphatic rings. The summed E-state index contributed by atoms with van der Waals surface area (Å²) in [5.41, 5.74) is 1.49. The number of rotatable bonds is 6. The van der Waals surface area contributed by atoms with Crippen molar-refractivity contribution >= 4 is 28.9 Å². The van der Waals surface area contributed by atoms with Crippen LogP contribution in [0.4, 0.5) is 10.1 Å². The van der Waals surface area contributed by atoms with Gasteiger partial charge in [-0.1, -0.05) is 18.2 Å². The lowest BCUT2D eigenvalue weighted by Crippen LogP contribution is -2.11. The van der Waals surface area contributed by atoms with Gasteiger partial charge < -0.3 is 10.1 Å². The molecule has 3 rings (SSSR count). The lowest BCUT2D eigenvalue weighted by atomic mass is 10.1. The van der Waals surface area contributed by atoms with Crippen LogP contribution in [0.15, 0.2) is 66.0 Å². The second kappa shape index (κ2) is 8.40. The van der Waals surface area contributed by atoms with Crippen LogP contribution >= 0.6 is 11.3 Å². The molecule has 132 valence electrons. The summed E-state index contributed by atoms with van der Waals surface area (Å²) in [6.07, 6.45) is 0.677. The molecular weight excluding hydrogens is 353 g/mol. The molecule has 0 atom stereocenters. The maximum Gasteiger partial charge on any atom is 0.311 e. The van der Waals surface area contributed by atoms with Crippen molar-refractivity contribution in [3.63, 3.8) is 0 Å². The van der Waals surface area contributed by atoms with Crippen LogP contribution in [0.1, 0.15) is 21.7 Å². The highest BCUT2D eigenvalue weighted by Crippen LogP contribution is 2.18. The minimum absolute atomic E-state index is 0.177. The third kappa shape index (κ3) is 5.00. The van der Waals surface area contributed by atoms with E-state index in [1.807, 2.05) is 11.4 Å². The largest absolute Gasteiger partial charge is 0.427 e. The molecule has 4 nitrogen and oxygen atoms in total. The summed E-state index contributed by atoms with van der Waals surface area (Å²) in [5, 5.41) is 4.61. The van der Waals surface area contributed by atoms with Gasteiger partial charge in [-0.2, -0.15) is 0 Å². The summed E-state index contributed by atoms with van der Waals surface area (Å²) in [4.78, 5) is 24.5. The highest BCUT2D eigenvalue weighted by Gasteiger charge is 2.08. The van der Waals surface area contributed by atoms with Gasteiger partial charge in [-0.3, -0.25) is 9.59 Å². The predicted octanol–water partition coefficient (Wildman–Crippen LogP) is 4.68. The fourth-order valence-electron chi connectivity index (χ4n) is 2.29. The fourth-order valence-corrected chi connectivity index (χ4v) is 2.91. The first-order valence-electron chi connectivity index (χ1n) is 8.00. The van der Waals surface area contributed by atoms with Crippen LogP contribution in [0.5, 0.6) is 5.75 Å². The van der Waals surface area contributed by atoms with Crippen LogP contribution < -0.4 is 10.1 Å². The van der Waals surface area contributed by atoms with E-state index in [2.05, 4.69) is 5.32 Å². The van der Waals surface area contributed by atoms with E-state index < -0.39 is 0 Å². The number of nitrogens with one attached hydrogen (secondary N) is 1. The molecule has 1 amide bonds. The Kier molecular flexibility index (Phi) is 5.76. The molecule has 0 saturated carbocycles. The standard InChI is InChI=1S/C20H16FNO3S/c21-15-6-3-14(4-7-15)5-12-19(23)25-17-10-8-16(9-11-17)22-20(24)18-2-1-13-26-18/h1-4,6-11,13H,5,12H2,(H,22,24). The van der Waals surface area contributed by atoms with E-state index >= 15 is 0 Å². The molecule has 0 unspecified atom stereocenters. The first kappa shape index (κ1) is 17.8. The number of benzene rings is 2. The molecule has 1 aromatic heterocycles. The Hall–Kier alpha value is -2.99. The van der Waals surface area contributed by atoms with Gasteiger partial charge in [-0.15, -0.1) is 11.3 Å². The van der Waals surface area contributed by atoms with Gasteiger partial charge in [0.1, 0.15) is 11.6 Å². The van der Waals surface area contributed by atoms with Crippen LogP contribution in [-0.4, -0.2) is 11.9 Å². The van der Waals surface area contributed by atoms with Crippen molar-refractivity contribution in [3.05, 3.63) is 82.3 Å². The van der Waals surface area contributed by atoms with E-state index in [9.17, 15) is 14.0 Å². The van der Waals surface area contributed by atoms with E-state index in [1.165, 1.54) is 23.5 Å². The average Bonchev–Trinajstić information content (AvgIpc) is 3.18. The summed E-state index contributed by atoms with van der Waals surface area (Å²) in [6, 6.07) is 16.2. The molecule has 3 aromatic rings. The molecule has 0 saturated heterocycles. The molecule has 0 aliphatic carbocycles. The molecule has 0 aliphatic heterocycles. The number of amides is 1. The second-order valence-electron chi connectivity index (χ2n) is 5.56. The number of halogens is 1. The number of carbonyl (C=O) groups is 2. The molecule has 2 aromatic carbocycles. The molecule has 0 spiro atoms. The van der Waals surface area contributed by atoms with Crippen LogP contribution in [0.2, 0.25) is 0 Å². The summed E-state index contributed by atoms with van der Waals surface area (Å²) in [5.74, 6) is -0.445. The number of hydrogen-bond donors (Lipinski definition) is 1. The summed E-state index contributed by atoms with van der Waals surface area (Å²) < 4.78 is 18.1. The highest BCUT2D eigenvalue weighted by molar-refractivity contribution is 7.12. The molecule has 1 heterocycles. The number of thiophene rings is 1. The van der Waals surface area contributed by atoms with Gasteiger partial charge in [0.05, 0.1) is 4.88 Å².